The molecule has 15 rings (SSSR count). The minimum atomic E-state index is -0.263. The van der Waals surface area contributed by atoms with Crippen LogP contribution < -0.4 is 4.90 Å². The van der Waals surface area contributed by atoms with Crippen LogP contribution in [-0.4, -0.2) is 0 Å². The molecule has 84 heavy (non-hydrogen) atoms. The number of hydrogen-bond donors (Lipinski definition) is 0. The number of hydrogen-bond acceptors (Lipinski definition) is 1. The molecular formula is C83H83N. The smallest absolute Gasteiger partial charge is 0.0713 e. The molecule has 0 saturated carbocycles. The molecule has 10 aromatic carbocycles. The number of anilines is 2. The molecule has 1 nitrogen and oxygen atoms in total. The second-order valence-corrected chi connectivity index (χ2v) is 21.2. The topological polar surface area (TPSA) is 3.24 Å². The molecule has 1 unspecified atom stereocenters. The van der Waals surface area contributed by atoms with Crippen molar-refractivity contribution in [2.45, 2.75) is 112 Å². The van der Waals surface area contributed by atoms with E-state index in [0.717, 1.165) is 25.7 Å². The first kappa shape index (κ1) is 58.4. The first-order chi connectivity index (χ1) is 41.6. The quantitative estimate of drug-likeness (QED) is 0.118. The molecule has 1 atom stereocenters. The SMILES string of the molecule is C=Cc1c(/C=C\c2ccc3c(c2)C2(C4=C3CCCC4)C3=C(C=CCC3)N(c3ccccc3)c3ccccc32)c2ccccc2c2ccccc12.CC.CC.CC.CC.Cc1ccc2c(c1)C(c1ccccc1)(c1ccccc1)c1ccccc1-2. The molecule has 0 aromatic heterocycles. The van der Waals surface area contributed by atoms with Gasteiger partial charge < -0.3 is 4.90 Å². The largest absolute Gasteiger partial charge is 0.310 e. The van der Waals surface area contributed by atoms with E-state index in [1.165, 1.54) is 124 Å². The highest BCUT2D eigenvalue weighted by Crippen LogP contribution is 2.65. The minimum Gasteiger partial charge on any atom is -0.310 e. The summed E-state index contributed by atoms with van der Waals surface area (Å²) in [7, 11) is 0. The average molecular weight is 1090 g/mol. The zero-order chi connectivity index (χ0) is 58.8. The third kappa shape index (κ3) is 9.72. The van der Waals surface area contributed by atoms with Crippen LogP contribution in [0.3, 0.4) is 0 Å². The summed E-state index contributed by atoms with van der Waals surface area (Å²) in [4.78, 5) is 2.53. The summed E-state index contributed by atoms with van der Waals surface area (Å²) in [5, 5.41) is 5.07. The third-order valence-electron chi connectivity index (χ3n) is 17.4. The van der Waals surface area contributed by atoms with Crippen molar-refractivity contribution in [2.24, 2.45) is 0 Å². The summed E-state index contributed by atoms with van der Waals surface area (Å²) in [6.07, 6.45) is 18.5. The maximum Gasteiger partial charge on any atom is 0.0713 e. The zero-order valence-corrected chi connectivity index (χ0v) is 51.1. The standard InChI is InChI=1S/C49H39N.C26H20.4C2H6/c1-2-35-36-18-6-7-19-37(36)38-20-8-9-21-39(38)40(35)30-28-33-29-31-42-41-22-10-11-23-43(41)49(46(42)32-33)44-24-12-14-26-47(44)50(34-16-4-3-5-17-34)48-27-15-13-25-45(48)49;1-19-16-17-23-22-14-8-9-15-24(22)26(25(23)18-19,20-10-4-2-5-11-20)21-12-6-3-7-13-21;4*1-2/h2-9,12,14-21,24,26-32H,1,10-11,13,22-23,25H2;2-18H,1H3;4*1-2H3/b30-28-;;;;;. The Labute approximate surface area is 502 Å². The molecule has 1 heteroatoms. The summed E-state index contributed by atoms with van der Waals surface area (Å²) in [6.45, 7) is 22.5. The monoisotopic (exact) mass is 1090 g/mol. The van der Waals surface area contributed by atoms with Gasteiger partial charge in [0.15, 0.2) is 0 Å². The zero-order valence-electron chi connectivity index (χ0n) is 51.1. The Bertz CT molecular complexity index is 4030. The fraction of sp³-hybridized carbons (Fsp3) is 0.205. The number of fused-ring (bicyclic) bond motifs is 13. The molecule has 0 amide bonds. The Morgan fingerprint density at radius 1 is 0.417 bits per heavy atom. The van der Waals surface area contributed by atoms with Crippen LogP contribution in [0.5, 0.6) is 0 Å². The maximum absolute atomic E-state index is 4.28. The lowest BCUT2D eigenvalue weighted by atomic mass is 9.60. The molecule has 0 bridgehead atoms. The fourth-order valence-electron chi connectivity index (χ4n) is 14.4. The van der Waals surface area contributed by atoms with Gasteiger partial charge in [0.25, 0.3) is 0 Å². The number of rotatable bonds is 6. The number of benzene rings is 10. The molecule has 0 N–H and O–H groups in total. The van der Waals surface area contributed by atoms with Crippen molar-refractivity contribution in [3.63, 3.8) is 0 Å². The number of aryl methyl sites for hydroxylation is 1. The fourth-order valence-corrected chi connectivity index (χ4v) is 14.4. The Balaban J connectivity index is 0.000000195. The van der Waals surface area contributed by atoms with Gasteiger partial charge in [-0.1, -0.05) is 292 Å². The third-order valence-corrected chi connectivity index (χ3v) is 17.4. The van der Waals surface area contributed by atoms with Crippen LogP contribution in [0.15, 0.2) is 260 Å². The van der Waals surface area contributed by atoms with Crippen molar-refractivity contribution >= 4 is 56.7 Å². The summed E-state index contributed by atoms with van der Waals surface area (Å²) in [6, 6.07) is 82.7. The van der Waals surface area contributed by atoms with E-state index in [9.17, 15) is 0 Å². The minimum absolute atomic E-state index is 0.251. The van der Waals surface area contributed by atoms with Gasteiger partial charge in [-0.2, -0.15) is 0 Å². The van der Waals surface area contributed by atoms with E-state index in [1.54, 1.807) is 16.7 Å². The first-order valence-corrected chi connectivity index (χ1v) is 31.4. The highest BCUT2D eigenvalue weighted by molar-refractivity contribution is 6.15. The van der Waals surface area contributed by atoms with Crippen molar-refractivity contribution in [3.8, 4) is 11.1 Å². The summed E-state index contributed by atoms with van der Waals surface area (Å²) in [5.74, 6) is 0. The summed E-state index contributed by atoms with van der Waals surface area (Å²) >= 11 is 0. The van der Waals surface area contributed by atoms with Gasteiger partial charge in [-0.25, -0.2) is 0 Å². The Morgan fingerprint density at radius 3 is 1.60 bits per heavy atom. The lowest BCUT2D eigenvalue weighted by Crippen LogP contribution is -2.40. The van der Waals surface area contributed by atoms with E-state index in [-0.39, 0.29) is 10.8 Å². The second-order valence-electron chi connectivity index (χ2n) is 21.2. The highest BCUT2D eigenvalue weighted by Gasteiger charge is 2.54. The van der Waals surface area contributed by atoms with Crippen LogP contribution in [0.2, 0.25) is 0 Å². The van der Waals surface area contributed by atoms with Crippen LogP contribution in [0.1, 0.15) is 155 Å². The van der Waals surface area contributed by atoms with Crippen LogP contribution in [-0.2, 0) is 10.8 Å². The van der Waals surface area contributed by atoms with Gasteiger partial charge in [-0.05, 0) is 181 Å². The predicted octanol–water partition coefficient (Wildman–Crippen LogP) is 23.7. The molecule has 1 heterocycles. The molecule has 1 aliphatic heterocycles. The van der Waals surface area contributed by atoms with Crippen LogP contribution in [0.4, 0.5) is 11.4 Å². The molecule has 420 valence electrons. The van der Waals surface area contributed by atoms with E-state index in [4.69, 9.17) is 0 Å². The molecule has 0 fully saturated rings. The predicted molar refractivity (Wildman–Crippen MR) is 367 cm³/mol. The molecule has 0 radical (unpaired) electrons. The molecule has 0 saturated heterocycles. The summed E-state index contributed by atoms with van der Waals surface area (Å²) < 4.78 is 0. The number of allylic oxidation sites excluding steroid dienone is 5. The maximum atomic E-state index is 4.28. The van der Waals surface area contributed by atoms with E-state index in [2.05, 4.69) is 267 Å². The van der Waals surface area contributed by atoms with Crippen molar-refractivity contribution in [1.29, 1.82) is 0 Å². The molecule has 4 aliphatic carbocycles. The van der Waals surface area contributed by atoms with Gasteiger partial charge in [0.2, 0.25) is 0 Å². The lowest BCUT2D eigenvalue weighted by molar-refractivity contribution is 0.591. The highest BCUT2D eigenvalue weighted by atomic mass is 15.2. The second kappa shape index (κ2) is 26.2. The van der Waals surface area contributed by atoms with Crippen molar-refractivity contribution in [3.05, 3.63) is 321 Å². The molecular weight excluding hydrogens is 1010 g/mol. The van der Waals surface area contributed by atoms with Gasteiger partial charge in [-0.3, -0.25) is 0 Å². The van der Waals surface area contributed by atoms with E-state index in [1.807, 2.05) is 61.5 Å². The molecule has 10 aromatic rings. The van der Waals surface area contributed by atoms with Gasteiger partial charge in [0.05, 0.1) is 16.5 Å². The van der Waals surface area contributed by atoms with Gasteiger partial charge in [0.1, 0.15) is 0 Å². The lowest BCUT2D eigenvalue weighted by Gasteiger charge is -2.48. The number of nitrogens with zero attached hydrogens (tertiary/aromatic N) is 1. The van der Waals surface area contributed by atoms with Crippen molar-refractivity contribution in [1.82, 2.24) is 0 Å². The van der Waals surface area contributed by atoms with Crippen LogP contribution in [0, 0.1) is 6.92 Å². The van der Waals surface area contributed by atoms with Crippen LogP contribution >= 0.6 is 0 Å². The van der Waals surface area contributed by atoms with E-state index in [0.29, 0.717) is 0 Å². The van der Waals surface area contributed by atoms with Gasteiger partial charge in [-0.15, -0.1) is 0 Å². The first-order valence-electron chi connectivity index (χ1n) is 31.4. The molecule has 5 aliphatic rings. The Morgan fingerprint density at radius 2 is 0.940 bits per heavy atom. The molecule has 1 spiro atoms. The van der Waals surface area contributed by atoms with Gasteiger partial charge >= 0.3 is 0 Å². The number of para-hydroxylation sites is 2. The van der Waals surface area contributed by atoms with E-state index < -0.39 is 0 Å². The van der Waals surface area contributed by atoms with E-state index >= 15 is 0 Å². The van der Waals surface area contributed by atoms with Crippen LogP contribution in [0.25, 0.3) is 56.5 Å². The van der Waals surface area contributed by atoms with Crippen molar-refractivity contribution in [2.75, 3.05) is 4.90 Å². The van der Waals surface area contributed by atoms with Crippen molar-refractivity contribution < 1.29 is 0 Å². The summed E-state index contributed by atoms with van der Waals surface area (Å²) in [5.41, 5.74) is 25.6. The van der Waals surface area contributed by atoms with Gasteiger partial charge in [0, 0.05) is 11.4 Å². The normalized spacial score (nSPS) is 16.1. The Hall–Kier alpha value is -8.78. The Kier molecular flexibility index (Phi) is 18.2. The average Bonchev–Trinajstić information content (AvgIpc) is 1.66.